The molecule has 0 bridgehead atoms. The van der Waals surface area contributed by atoms with Crippen molar-refractivity contribution in [2.24, 2.45) is 0 Å². The van der Waals surface area contributed by atoms with E-state index in [0.717, 1.165) is 23.3 Å². The lowest BCUT2D eigenvalue weighted by Gasteiger charge is -2.20. The summed E-state index contributed by atoms with van der Waals surface area (Å²) in [6.45, 7) is 4.47. The lowest BCUT2D eigenvalue weighted by atomic mass is 10.2. The van der Waals surface area contributed by atoms with E-state index in [2.05, 4.69) is 27.8 Å². The summed E-state index contributed by atoms with van der Waals surface area (Å²) in [6.07, 6.45) is 0.855. The number of aromatic nitrogens is 2. The Morgan fingerprint density at radius 1 is 1.50 bits per heavy atom. The van der Waals surface area contributed by atoms with Crippen LogP contribution < -0.4 is 0 Å². The minimum Gasteiger partial charge on any atom is -0.383 e. The second-order valence-corrected chi connectivity index (χ2v) is 6.24. The molecule has 2 atom stereocenters. The first-order valence-electron chi connectivity index (χ1n) is 6.49. The molecule has 3 nitrogen and oxygen atoms in total. The van der Waals surface area contributed by atoms with E-state index in [0.29, 0.717) is 11.1 Å². The second-order valence-electron chi connectivity index (χ2n) is 4.73. The van der Waals surface area contributed by atoms with Gasteiger partial charge in [-0.05, 0) is 35.3 Å². The fourth-order valence-corrected chi connectivity index (χ4v) is 2.83. The van der Waals surface area contributed by atoms with Crippen LogP contribution in [-0.2, 0) is 4.74 Å². The lowest BCUT2D eigenvalue weighted by molar-refractivity contribution is 0.153. The molecule has 0 saturated heterocycles. The molecule has 6 heteroatoms. The summed E-state index contributed by atoms with van der Waals surface area (Å²) >= 11 is 9.42. The predicted molar refractivity (Wildman–Crippen MR) is 82.9 cm³/mol. The van der Waals surface area contributed by atoms with Crippen molar-refractivity contribution in [3.63, 3.8) is 0 Å². The monoisotopic (exact) mass is 362 g/mol. The van der Waals surface area contributed by atoms with Crippen molar-refractivity contribution in [2.75, 3.05) is 13.7 Å². The third-order valence-electron chi connectivity index (χ3n) is 3.31. The second kappa shape index (κ2) is 6.41. The van der Waals surface area contributed by atoms with Crippen LogP contribution in [0.2, 0.25) is 0 Å². The van der Waals surface area contributed by atoms with Gasteiger partial charge < -0.3 is 9.30 Å². The summed E-state index contributed by atoms with van der Waals surface area (Å²) in [7, 11) is 1.66. The number of hydrogen-bond acceptors (Lipinski definition) is 2. The summed E-state index contributed by atoms with van der Waals surface area (Å²) in [5, 5.41) is -0.254. The molecule has 0 aliphatic heterocycles. The van der Waals surface area contributed by atoms with Crippen LogP contribution in [0.3, 0.4) is 0 Å². The smallest absolute Gasteiger partial charge is 0.139 e. The van der Waals surface area contributed by atoms with Crippen molar-refractivity contribution in [3.05, 3.63) is 28.2 Å². The van der Waals surface area contributed by atoms with E-state index in [4.69, 9.17) is 16.3 Å². The molecule has 2 unspecified atom stereocenters. The topological polar surface area (TPSA) is 27.1 Å². The van der Waals surface area contributed by atoms with Crippen LogP contribution in [0, 0.1) is 5.82 Å². The maximum absolute atomic E-state index is 13.8. The van der Waals surface area contributed by atoms with Gasteiger partial charge in [-0.2, -0.15) is 0 Å². The average molecular weight is 364 g/mol. The first kappa shape index (κ1) is 15.7. The largest absolute Gasteiger partial charge is 0.383 e. The SMILES string of the molecule is CCC(COC)n1c(C(C)Cl)nc2cc(Br)c(F)cc21. The van der Waals surface area contributed by atoms with Crippen LogP contribution in [0.5, 0.6) is 0 Å². The van der Waals surface area contributed by atoms with E-state index in [-0.39, 0.29) is 17.2 Å². The number of nitrogens with zero attached hydrogens (tertiary/aromatic N) is 2. The van der Waals surface area contributed by atoms with Crippen LogP contribution >= 0.6 is 27.5 Å². The lowest BCUT2D eigenvalue weighted by Crippen LogP contribution is -2.17. The van der Waals surface area contributed by atoms with Gasteiger partial charge in [-0.1, -0.05) is 6.92 Å². The Kier molecular flexibility index (Phi) is 5.04. The summed E-state index contributed by atoms with van der Waals surface area (Å²) in [4.78, 5) is 4.54. The Morgan fingerprint density at radius 2 is 2.20 bits per heavy atom. The van der Waals surface area contributed by atoms with E-state index >= 15 is 0 Å². The molecular weight excluding hydrogens is 347 g/mol. The molecule has 2 aromatic rings. The van der Waals surface area contributed by atoms with Crippen molar-refractivity contribution in [2.45, 2.75) is 31.7 Å². The quantitative estimate of drug-likeness (QED) is 0.711. The van der Waals surface area contributed by atoms with E-state index in [1.807, 2.05) is 11.5 Å². The molecule has 0 radical (unpaired) electrons. The molecule has 0 fully saturated rings. The minimum absolute atomic E-state index is 0.0850. The third-order valence-corrected chi connectivity index (χ3v) is 4.11. The highest BCUT2D eigenvalue weighted by molar-refractivity contribution is 9.10. The van der Waals surface area contributed by atoms with Gasteiger partial charge in [-0.15, -0.1) is 11.6 Å². The van der Waals surface area contributed by atoms with Crippen LogP contribution in [0.25, 0.3) is 11.0 Å². The number of hydrogen-bond donors (Lipinski definition) is 0. The van der Waals surface area contributed by atoms with Gasteiger partial charge in [0.2, 0.25) is 0 Å². The molecule has 0 aliphatic rings. The first-order valence-corrected chi connectivity index (χ1v) is 7.72. The molecule has 2 rings (SSSR count). The Balaban J connectivity index is 2.70. The molecule has 0 spiro atoms. The highest BCUT2D eigenvalue weighted by atomic mass is 79.9. The van der Waals surface area contributed by atoms with Gasteiger partial charge in [-0.25, -0.2) is 9.37 Å². The number of alkyl halides is 1. The van der Waals surface area contributed by atoms with Crippen molar-refractivity contribution < 1.29 is 9.13 Å². The van der Waals surface area contributed by atoms with Gasteiger partial charge in [0.25, 0.3) is 0 Å². The summed E-state index contributed by atoms with van der Waals surface area (Å²) < 4.78 is 21.5. The fourth-order valence-electron chi connectivity index (χ4n) is 2.34. The standard InChI is InChI=1S/C14H17BrClFN2O/c1-4-9(7-20-3)19-13-6-11(17)10(15)5-12(13)18-14(19)8(2)16/h5-6,8-9H,4,7H2,1-3H3. The first-order chi connectivity index (χ1) is 9.49. The van der Waals surface area contributed by atoms with Gasteiger partial charge in [0, 0.05) is 13.2 Å². The van der Waals surface area contributed by atoms with Gasteiger partial charge in [0.05, 0.1) is 33.5 Å². The Hall–Kier alpha value is -0.650. The highest BCUT2D eigenvalue weighted by Crippen LogP contribution is 2.32. The number of benzene rings is 1. The fraction of sp³-hybridized carbons (Fsp3) is 0.500. The van der Waals surface area contributed by atoms with E-state index < -0.39 is 0 Å². The Morgan fingerprint density at radius 3 is 2.75 bits per heavy atom. The minimum atomic E-state index is -0.306. The molecule has 110 valence electrons. The van der Waals surface area contributed by atoms with Crippen LogP contribution in [0.15, 0.2) is 16.6 Å². The van der Waals surface area contributed by atoms with Crippen LogP contribution in [0.4, 0.5) is 4.39 Å². The number of halogens is 3. The molecule has 0 N–H and O–H groups in total. The zero-order valence-electron chi connectivity index (χ0n) is 11.7. The van der Waals surface area contributed by atoms with E-state index in [1.54, 1.807) is 13.2 Å². The van der Waals surface area contributed by atoms with Gasteiger partial charge in [-0.3, -0.25) is 0 Å². The maximum atomic E-state index is 13.8. The Labute approximate surface area is 131 Å². The number of fused-ring (bicyclic) bond motifs is 1. The van der Waals surface area contributed by atoms with E-state index in [1.165, 1.54) is 6.07 Å². The van der Waals surface area contributed by atoms with Crippen molar-refractivity contribution >= 4 is 38.6 Å². The number of methoxy groups -OCH3 is 1. The normalized spacial score (nSPS) is 14.7. The Bertz CT molecular complexity index is 615. The van der Waals surface area contributed by atoms with Crippen molar-refractivity contribution in [1.82, 2.24) is 9.55 Å². The number of imidazole rings is 1. The highest BCUT2D eigenvalue weighted by Gasteiger charge is 2.21. The van der Waals surface area contributed by atoms with Gasteiger partial charge in [0.15, 0.2) is 0 Å². The van der Waals surface area contributed by atoms with E-state index in [9.17, 15) is 4.39 Å². The van der Waals surface area contributed by atoms with Gasteiger partial charge >= 0.3 is 0 Å². The predicted octanol–water partition coefficient (Wildman–Crippen LogP) is 4.84. The molecule has 1 aromatic carbocycles. The maximum Gasteiger partial charge on any atom is 0.139 e. The molecule has 1 aromatic heterocycles. The van der Waals surface area contributed by atoms with Gasteiger partial charge in [0.1, 0.15) is 11.6 Å². The van der Waals surface area contributed by atoms with Crippen molar-refractivity contribution in [3.8, 4) is 0 Å². The zero-order chi connectivity index (χ0) is 14.9. The summed E-state index contributed by atoms with van der Waals surface area (Å²) in [5.74, 6) is 0.433. The zero-order valence-corrected chi connectivity index (χ0v) is 14.0. The average Bonchev–Trinajstić information content (AvgIpc) is 2.75. The molecular formula is C14H17BrClFN2O. The van der Waals surface area contributed by atoms with Crippen LogP contribution in [0.1, 0.15) is 37.5 Å². The molecule has 1 heterocycles. The molecule has 0 aliphatic carbocycles. The molecule has 20 heavy (non-hydrogen) atoms. The summed E-state index contributed by atoms with van der Waals surface area (Å²) in [5.41, 5.74) is 1.48. The number of ether oxygens (including phenoxy) is 1. The van der Waals surface area contributed by atoms with Crippen molar-refractivity contribution in [1.29, 1.82) is 0 Å². The molecule has 0 saturated carbocycles. The summed E-state index contributed by atoms with van der Waals surface area (Å²) in [6, 6.07) is 3.26. The molecule has 0 amide bonds. The van der Waals surface area contributed by atoms with Crippen LogP contribution in [-0.4, -0.2) is 23.3 Å². The number of rotatable bonds is 5. The third kappa shape index (κ3) is 2.85.